The van der Waals surface area contributed by atoms with Gasteiger partial charge >= 0.3 is 0 Å². The lowest BCUT2D eigenvalue weighted by Crippen LogP contribution is -2.45. The first-order valence-electron chi connectivity index (χ1n) is 12.7. The molecule has 0 aromatic rings. The first kappa shape index (κ1) is 30.3. The predicted octanol–water partition coefficient (Wildman–Crippen LogP) is 8.63. The van der Waals surface area contributed by atoms with Crippen molar-refractivity contribution in [2.75, 3.05) is 6.61 Å². The Kier molecular flexibility index (Phi) is 15.7. The van der Waals surface area contributed by atoms with Crippen LogP contribution in [0.3, 0.4) is 0 Å². The normalized spacial score (nSPS) is 21.4. The lowest BCUT2D eigenvalue weighted by Gasteiger charge is -2.43. The number of halogens is 1. The van der Waals surface area contributed by atoms with E-state index in [2.05, 4.69) is 34.6 Å². The number of hydrogen-bond donors (Lipinski definition) is 2. The van der Waals surface area contributed by atoms with Crippen LogP contribution in [0.1, 0.15) is 125 Å². The largest absolute Gasteiger partial charge is 0.506 e. The molecule has 0 radical (unpaired) electrons. The second-order valence-electron chi connectivity index (χ2n) is 10.6. The molecule has 2 unspecified atom stereocenters. The SMILES string of the molecule is CCCCCCCCCCCCCCCCOC1(C)C=C(O)C(N)=CC1C(C)(C)C.Cl. The summed E-state index contributed by atoms with van der Waals surface area (Å²) in [4.78, 5) is 0. The van der Waals surface area contributed by atoms with E-state index in [9.17, 15) is 5.11 Å². The summed E-state index contributed by atoms with van der Waals surface area (Å²) in [6.07, 6.45) is 22.8. The van der Waals surface area contributed by atoms with Gasteiger partial charge in [0, 0.05) is 12.5 Å². The number of aliphatic hydroxyl groups is 1. The van der Waals surface area contributed by atoms with Crippen LogP contribution >= 0.6 is 12.4 Å². The molecule has 0 spiro atoms. The first-order chi connectivity index (χ1) is 14.2. The van der Waals surface area contributed by atoms with Gasteiger partial charge in [0.1, 0.15) is 5.76 Å². The van der Waals surface area contributed by atoms with E-state index >= 15 is 0 Å². The third kappa shape index (κ3) is 12.2. The molecule has 0 amide bonds. The molecule has 0 aromatic heterocycles. The summed E-state index contributed by atoms with van der Waals surface area (Å²) < 4.78 is 6.30. The maximum atomic E-state index is 10.1. The van der Waals surface area contributed by atoms with Gasteiger partial charge in [0.25, 0.3) is 0 Å². The smallest absolute Gasteiger partial charge is 0.137 e. The molecule has 0 aromatic carbocycles. The summed E-state index contributed by atoms with van der Waals surface area (Å²) in [6, 6.07) is 0. The molecule has 1 aliphatic rings. The Hall–Kier alpha value is -0.670. The van der Waals surface area contributed by atoms with Crippen LogP contribution in [0.4, 0.5) is 0 Å². The molecule has 0 saturated heterocycles. The number of aliphatic hydroxyl groups excluding tert-OH is 1. The van der Waals surface area contributed by atoms with Crippen LogP contribution < -0.4 is 5.73 Å². The predicted molar refractivity (Wildman–Crippen MR) is 138 cm³/mol. The summed E-state index contributed by atoms with van der Waals surface area (Å²) in [5.41, 5.74) is 5.95. The van der Waals surface area contributed by atoms with Crippen LogP contribution in [0.5, 0.6) is 0 Å². The van der Waals surface area contributed by atoms with E-state index in [1.54, 1.807) is 0 Å². The molecule has 3 nitrogen and oxygen atoms in total. The molecular weight excluding hydrogens is 406 g/mol. The Morgan fingerprint density at radius 3 is 1.71 bits per heavy atom. The molecule has 1 rings (SSSR count). The molecule has 0 saturated carbocycles. The highest BCUT2D eigenvalue weighted by Crippen LogP contribution is 2.42. The van der Waals surface area contributed by atoms with Crippen molar-refractivity contribution < 1.29 is 9.84 Å². The van der Waals surface area contributed by atoms with Gasteiger partial charge in [0.2, 0.25) is 0 Å². The monoisotopic (exact) mass is 457 g/mol. The van der Waals surface area contributed by atoms with Gasteiger partial charge in [-0.25, -0.2) is 0 Å². The molecule has 1 aliphatic carbocycles. The highest BCUT2D eigenvalue weighted by atomic mass is 35.5. The van der Waals surface area contributed by atoms with E-state index in [0.29, 0.717) is 5.70 Å². The second kappa shape index (κ2) is 16.0. The number of ether oxygens (including phenoxy) is 1. The van der Waals surface area contributed by atoms with E-state index in [-0.39, 0.29) is 29.5 Å². The molecule has 3 N–H and O–H groups in total. The van der Waals surface area contributed by atoms with Crippen molar-refractivity contribution in [2.45, 2.75) is 130 Å². The van der Waals surface area contributed by atoms with Crippen molar-refractivity contribution in [3.8, 4) is 0 Å². The molecule has 0 heterocycles. The summed E-state index contributed by atoms with van der Waals surface area (Å²) in [5.74, 6) is 0.298. The van der Waals surface area contributed by atoms with Gasteiger partial charge in [-0.05, 0) is 24.8 Å². The fraction of sp³-hybridized carbons (Fsp3) is 0.852. The molecular formula is C27H52ClNO2. The van der Waals surface area contributed by atoms with Crippen LogP contribution in [-0.4, -0.2) is 17.3 Å². The number of nitrogens with two attached hydrogens (primary N) is 1. The third-order valence-electron chi connectivity index (χ3n) is 6.53. The van der Waals surface area contributed by atoms with Crippen LogP contribution in [0.25, 0.3) is 0 Å². The maximum absolute atomic E-state index is 10.1. The lowest BCUT2D eigenvalue weighted by atomic mass is 9.68. The molecule has 184 valence electrons. The van der Waals surface area contributed by atoms with Crippen molar-refractivity contribution in [1.82, 2.24) is 0 Å². The van der Waals surface area contributed by atoms with Gasteiger partial charge in [-0.1, -0.05) is 117 Å². The topological polar surface area (TPSA) is 55.5 Å². The summed E-state index contributed by atoms with van der Waals surface area (Å²) >= 11 is 0. The van der Waals surface area contributed by atoms with Crippen molar-refractivity contribution in [2.24, 2.45) is 17.1 Å². The average Bonchev–Trinajstić information content (AvgIpc) is 2.67. The van der Waals surface area contributed by atoms with Gasteiger partial charge in [-0.3, -0.25) is 0 Å². The van der Waals surface area contributed by atoms with Crippen LogP contribution in [0, 0.1) is 11.3 Å². The first-order valence-corrected chi connectivity index (χ1v) is 12.7. The van der Waals surface area contributed by atoms with Gasteiger partial charge < -0.3 is 15.6 Å². The molecule has 0 fully saturated rings. The zero-order chi connectivity index (χ0) is 22.5. The van der Waals surface area contributed by atoms with E-state index < -0.39 is 5.60 Å². The molecule has 0 aliphatic heterocycles. The summed E-state index contributed by atoms with van der Waals surface area (Å²) in [5, 5.41) is 10.1. The Labute approximate surface area is 199 Å². The van der Waals surface area contributed by atoms with E-state index in [1.165, 1.54) is 83.5 Å². The van der Waals surface area contributed by atoms with Crippen molar-refractivity contribution >= 4 is 12.4 Å². The summed E-state index contributed by atoms with van der Waals surface area (Å²) in [6.45, 7) is 11.7. The fourth-order valence-corrected chi connectivity index (χ4v) is 4.70. The third-order valence-corrected chi connectivity index (χ3v) is 6.53. The van der Waals surface area contributed by atoms with E-state index in [1.807, 2.05) is 12.2 Å². The summed E-state index contributed by atoms with van der Waals surface area (Å²) in [7, 11) is 0. The average molecular weight is 458 g/mol. The Balaban J connectivity index is 0.00000900. The van der Waals surface area contributed by atoms with Crippen LogP contribution in [0.15, 0.2) is 23.6 Å². The molecule has 2 atom stereocenters. The van der Waals surface area contributed by atoms with Crippen molar-refractivity contribution in [1.29, 1.82) is 0 Å². The Morgan fingerprint density at radius 1 is 0.871 bits per heavy atom. The molecule has 0 bridgehead atoms. The van der Waals surface area contributed by atoms with Crippen molar-refractivity contribution in [3.05, 3.63) is 23.6 Å². The zero-order valence-corrected chi connectivity index (χ0v) is 22.0. The second-order valence-corrected chi connectivity index (χ2v) is 10.6. The van der Waals surface area contributed by atoms with Gasteiger partial charge in [-0.15, -0.1) is 12.4 Å². The van der Waals surface area contributed by atoms with Crippen LogP contribution in [-0.2, 0) is 4.74 Å². The van der Waals surface area contributed by atoms with E-state index in [4.69, 9.17) is 10.5 Å². The highest BCUT2D eigenvalue weighted by Gasteiger charge is 2.42. The standard InChI is InChI=1S/C27H51NO2.ClH/c1-6-7-8-9-10-11-12-13-14-15-16-17-18-19-20-30-27(5)22-24(29)23(28)21-25(27)26(2,3)4;/h21-22,25,29H,6-20,28H2,1-5H3;1H. The number of hydrogen-bond acceptors (Lipinski definition) is 3. The molecule has 31 heavy (non-hydrogen) atoms. The quantitative estimate of drug-likeness (QED) is 0.228. The molecule has 4 heteroatoms. The van der Waals surface area contributed by atoms with Crippen LogP contribution in [0.2, 0.25) is 0 Å². The minimum atomic E-state index is -0.498. The fourth-order valence-electron chi connectivity index (χ4n) is 4.70. The minimum Gasteiger partial charge on any atom is -0.506 e. The highest BCUT2D eigenvalue weighted by molar-refractivity contribution is 5.85. The Morgan fingerprint density at radius 2 is 1.29 bits per heavy atom. The van der Waals surface area contributed by atoms with Gasteiger partial charge in [0.05, 0.1) is 11.3 Å². The van der Waals surface area contributed by atoms with Crippen molar-refractivity contribution in [3.63, 3.8) is 0 Å². The number of rotatable bonds is 16. The zero-order valence-electron chi connectivity index (χ0n) is 21.2. The van der Waals surface area contributed by atoms with Gasteiger partial charge in [-0.2, -0.15) is 0 Å². The minimum absolute atomic E-state index is 0. The Bertz CT molecular complexity index is 524. The maximum Gasteiger partial charge on any atom is 0.137 e. The van der Waals surface area contributed by atoms with E-state index in [0.717, 1.165) is 13.0 Å². The number of unbranched alkanes of at least 4 members (excludes halogenated alkanes) is 13. The lowest BCUT2D eigenvalue weighted by molar-refractivity contribution is -0.0581. The van der Waals surface area contributed by atoms with Gasteiger partial charge in [0.15, 0.2) is 0 Å².